The Bertz CT molecular complexity index is 432. The summed E-state index contributed by atoms with van der Waals surface area (Å²) in [5.74, 6) is -1.93. The summed E-state index contributed by atoms with van der Waals surface area (Å²) in [6.07, 6.45) is -3.26. The number of aromatic amines is 1. The number of pyridine rings is 1. The number of aromatic nitrogens is 1. The minimum absolute atomic E-state index is 0.150. The van der Waals surface area contributed by atoms with Crippen molar-refractivity contribution in [3.8, 4) is 0 Å². The highest BCUT2D eigenvalue weighted by Gasteiger charge is 2.22. The smallest absolute Gasteiger partial charge is 0.247 e. The highest BCUT2D eigenvalue weighted by atomic mass is 16.1. The Kier molecular flexibility index (Phi) is 0.499. The molecule has 0 radical (unpaired) electrons. The minimum atomic E-state index is -2.22. The van der Waals surface area contributed by atoms with E-state index < -0.39 is 18.6 Å². The van der Waals surface area contributed by atoms with E-state index >= 15 is 0 Å². The highest BCUT2D eigenvalue weighted by Crippen LogP contribution is 2.39. The second-order valence-electron chi connectivity index (χ2n) is 2.07. The van der Waals surface area contributed by atoms with Crippen LogP contribution in [0.2, 0.25) is 0 Å². The van der Waals surface area contributed by atoms with Crippen LogP contribution in [-0.4, -0.2) is 4.98 Å². The van der Waals surface area contributed by atoms with Crippen molar-refractivity contribution in [2.75, 3.05) is 0 Å². The normalized spacial score (nSPS) is 37.8. The van der Waals surface area contributed by atoms with Gasteiger partial charge in [-0.15, -0.1) is 0 Å². The van der Waals surface area contributed by atoms with Gasteiger partial charge < -0.3 is 4.98 Å². The lowest BCUT2D eigenvalue weighted by atomic mass is 10.2. The number of H-pyrrole nitrogens is 1. The van der Waals surface area contributed by atoms with E-state index in [1.807, 2.05) is 0 Å². The molecule has 2 nitrogen and oxygen atoms in total. The third kappa shape index (κ3) is 0.967. The largest absolute Gasteiger partial charge is 0.329 e. The van der Waals surface area contributed by atoms with E-state index in [9.17, 15) is 4.79 Å². The molecule has 0 amide bonds. The third-order valence-electron chi connectivity index (χ3n) is 1.32. The number of rotatable bonds is 1. The molecule has 0 atom stereocenters. The molecule has 1 fully saturated rings. The van der Waals surface area contributed by atoms with Crippen LogP contribution in [0.4, 0.5) is 0 Å². The van der Waals surface area contributed by atoms with Crippen molar-refractivity contribution in [2.45, 2.75) is 18.6 Å². The SMILES string of the molecule is [2H]C1([2H])C([2H])([2H])C1([2H])c1ccc(=O)[nH]c1. The van der Waals surface area contributed by atoms with Gasteiger partial charge in [0.15, 0.2) is 0 Å². The lowest BCUT2D eigenvalue weighted by Gasteiger charge is -1.92. The van der Waals surface area contributed by atoms with Crippen molar-refractivity contribution < 1.29 is 6.85 Å². The van der Waals surface area contributed by atoms with E-state index in [0.29, 0.717) is 0 Å². The van der Waals surface area contributed by atoms with Crippen LogP contribution >= 0.6 is 0 Å². The molecule has 1 aliphatic rings. The van der Waals surface area contributed by atoms with Gasteiger partial charge in [0, 0.05) is 19.1 Å². The molecule has 0 bridgehead atoms. The number of nitrogens with one attached hydrogen (secondary N) is 1. The van der Waals surface area contributed by atoms with Gasteiger partial charge in [-0.1, -0.05) is 6.07 Å². The molecule has 0 unspecified atom stereocenters. The van der Waals surface area contributed by atoms with E-state index in [0.717, 1.165) is 6.07 Å². The minimum Gasteiger partial charge on any atom is -0.329 e. The first-order valence-electron chi connectivity index (χ1n) is 5.44. The van der Waals surface area contributed by atoms with Crippen molar-refractivity contribution in [3.63, 3.8) is 0 Å². The van der Waals surface area contributed by atoms with Crippen molar-refractivity contribution in [1.29, 1.82) is 0 Å². The Labute approximate surface area is 65.9 Å². The molecule has 1 aliphatic carbocycles. The van der Waals surface area contributed by atoms with E-state index in [-0.39, 0.29) is 11.1 Å². The van der Waals surface area contributed by atoms with Crippen LogP contribution in [0.15, 0.2) is 23.1 Å². The topological polar surface area (TPSA) is 32.9 Å². The van der Waals surface area contributed by atoms with Crippen LogP contribution in [-0.2, 0) is 0 Å². The maximum Gasteiger partial charge on any atom is 0.247 e. The van der Waals surface area contributed by atoms with Crippen LogP contribution in [0.1, 0.15) is 31.1 Å². The standard InChI is InChI=1S/C8H9NO/c10-8-4-3-7(5-9-8)6-1-2-6/h3-6H,1-2H2,(H,9,10)/i1D2,2D2,6D. The highest BCUT2D eigenvalue weighted by molar-refractivity contribution is 5.19. The summed E-state index contributed by atoms with van der Waals surface area (Å²) in [6.45, 7) is 0. The Morgan fingerprint density at radius 2 is 2.50 bits per heavy atom. The molecule has 0 spiro atoms. The average Bonchev–Trinajstić information content (AvgIpc) is 2.46. The van der Waals surface area contributed by atoms with Crippen LogP contribution in [0, 0.1) is 0 Å². The van der Waals surface area contributed by atoms with E-state index in [1.54, 1.807) is 0 Å². The Morgan fingerprint density at radius 3 is 3.00 bits per heavy atom. The van der Waals surface area contributed by atoms with Gasteiger partial charge in [0.25, 0.3) is 0 Å². The molecule has 0 aliphatic heterocycles. The summed E-state index contributed by atoms with van der Waals surface area (Å²) < 4.78 is 37.4. The lowest BCUT2D eigenvalue weighted by Crippen LogP contribution is -2.01. The molecule has 1 aromatic heterocycles. The van der Waals surface area contributed by atoms with Crippen molar-refractivity contribution in [1.82, 2.24) is 4.98 Å². The fourth-order valence-corrected chi connectivity index (χ4v) is 0.742. The summed E-state index contributed by atoms with van der Waals surface area (Å²) in [4.78, 5) is 13.1. The second kappa shape index (κ2) is 1.97. The van der Waals surface area contributed by atoms with Crippen molar-refractivity contribution in [2.24, 2.45) is 0 Å². The van der Waals surface area contributed by atoms with Gasteiger partial charge in [0.2, 0.25) is 5.56 Å². The zero-order valence-electron chi connectivity index (χ0n) is 10.1. The fourth-order valence-electron chi connectivity index (χ4n) is 0.742. The molecule has 0 saturated heterocycles. The first-order valence-corrected chi connectivity index (χ1v) is 2.94. The van der Waals surface area contributed by atoms with Gasteiger partial charge in [-0.2, -0.15) is 0 Å². The zero-order valence-corrected chi connectivity index (χ0v) is 5.14. The summed E-state index contributed by atoms with van der Waals surface area (Å²) in [5.41, 5.74) is -0.207. The lowest BCUT2D eigenvalue weighted by molar-refractivity contribution is 1.08. The van der Waals surface area contributed by atoms with Crippen molar-refractivity contribution in [3.05, 3.63) is 34.2 Å². The van der Waals surface area contributed by atoms with Crippen LogP contribution in [0.5, 0.6) is 0 Å². The molecule has 10 heavy (non-hydrogen) atoms. The maximum atomic E-state index is 10.8. The second-order valence-corrected chi connectivity index (χ2v) is 2.07. The van der Waals surface area contributed by atoms with E-state index in [1.165, 1.54) is 12.3 Å². The first kappa shape index (κ1) is 2.53. The van der Waals surface area contributed by atoms with E-state index in [4.69, 9.17) is 6.85 Å². The molecule has 1 N–H and O–H groups in total. The predicted molar refractivity (Wildman–Crippen MR) is 39.0 cm³/mol. The Morgan fingerprint density at radius 1 is 1.70 bits per heavy atom. The predicted octanol–water partition coefficient (Wildman–Crippen LogP) is 1.25. The molecule has 1 aromatic rings. The summed E-state index contributed by atoms with van der Waals surface area (Å²) >= 11 is 0. The van der Waals surface area contributed by atoms with Gasteiger partial charge in [0.1, 0.15) is 0 Å². The molecule has 2 heteroatoms. The molecule has 2 rings (SSSR count). The van der Waals surface area contributed by atoms with Crippen LogP contribution < -0.4 is 5.56 Å². The Hall–Kier alpha value is -1.05. The average molecular weight is 140 g/mol. The molecule has 52 valence electrons. The molecule has 0 aromatic carbocycles. The molecule has 1 saturated carbocycles. The van der Waals surface area contributed by atoms with Crippen molar-refractivity contribution >= 4 is 0 Å². The van der Waals surface area contributed by atoms with Gasteiger partial charge >= 0.3 is 0 Å². The van der Waals surface area contributed by atoms with Gasteiger partial charge in [0.05, 0.1) is 0 Å². The third-order valence-corrected chi connectivity index (χ3v) is 1.32. The summed E-state index contributed by atoms with van der Waals surface area (Å²) in [6, 6.07) is 2.45. The van der Waals surface area contributed by atoms with Gasteiger partial charge in [-0.25, -0.2) is 0 Å². The van der Waals surface area contributed by atoms with Crippen LogP contribution in [0.25, 0.3) is 0 Å². The zero-order chi connectivity index (χ0) is 11.5. The van der Waals surface area contributed by atoms with Gasteiger partial charge in [-0.3, -0.25) is 4.79 Å². The number of hydrogen-bond acceptors (Lipinski definition) is 1. The number of hydrogen-bond donors (Lipinski definition) is 1. The molecular weight excluding hydrogens is 126 g/mol. The summed E-state index contributed by atoms with van der Waals surface area (Å²) in [5, 5.41) is 0. The van der Waals surface area contributed by atoms with Crippen LogP contribution in [0.3, 0.4) is 0 Å². The Balaban J connectivity index is 2.51. The molecular formula is C8H9NO. The monoisotopic (exact) mass is 140 g/mol. The summed E-state index contributed by atoms with van der Waals surface area (Å²) in [7, 11) is 0. The quantitative estimate of drug-likeness (QED) is 0.625. The van der Waals surface area contributed by atoms with Gasteiger partial charge in [-0.05, 0) is 24.2 Å². The molecule has 1 heterocycles. The maximum absolute atomic E-state index is 10.8. The first-order chi connectivity index (χ1) is 6.75. The van der Waals surface area contributed by atoms with E-state index in [2.05, 4.69) is 4.98 Å². The fraction of sp³-hybridized carbons (Fsp3) is 0.375.